The summed E-state index contributed by atoms with van der Waals surface area (Å²) in [6.07, 6.45) is 0.0769. The van der Waals surface area contributed by atoms with Crippen LogP contribution in [0, 0.1) is 0 Å². The topological polar surface area (TPSA) is 93.7 Å². The van der Waals surface area contributed by atoms with Crippen molar-refractivity contribution in [3.05, 3.63) is 33.8 Å². The fourth-order valence-corrected chi connectivity index (χ4v) is 2.37. The van der Waals surface area contributed by atoms with Crippen molar-refractivity contribution >= 4 is 33.9 Å². The molecule has 1 aromatic carbocycles. The number of carbonyl (C=O) groups is 3. The standard InChI is InChI=1S/C17H23BrN2O5/c1-17(2,3)25-16(23)20-9-5-8-19-14(21)11-6-7-12(13(18)10-11)15(22)24-4/h6-7,10H,5,8-9H2,1-4H3,(H,19,21)(H,20,23). The van der Waals surface area contributed by atoms with Crippen LogP contribution in [0.1, 0.15) is 47.9 Å². The van der Waals surface area contributed by atoms with Gasteiger partial charge in [0.25, 0.3) is 5.91 Å². The molecule has 0 heterocycles. The number of alkyl carbamates (subject to hydrolysis) is 1. The van der Waals surface area contributed by atoms with Crippen molar-refractivity contribution < 1.29 is 23.9 Å². The van der Waals surface area contributed by atoms with Gasteiger partial charge in [0.2, 0.25) is 0 Å². The number of amides is 2. The van der Waals surface area contributed by atoms with Gasteiger partial charge in [-0.05, 0) is 61.3 Å². The maximum absolute atomic E-state index is 12.1. The lowest BCUT2D eigenvalue weighted by molar-refractivity contribution is 0.0526. The maximum atomic E-state index is 12.1. The first-order chi connectivity index (χ1) is 11.6. The van der Waals surface area contributed by atoms with Gasteiger partial charge in [0.05, 0.1) is 12.7 Å². The van der Waals surface area contributed by atoms with E-state index in [4.69, 9.17) is 4.74 Å². The van der Waals surface area contributed by atoms with Gasteiger partial charge in [0, 0.05) is 23.1 Å². The van der Waals surface area contributed by atoms with E-state index >= 15 is 0 Å². The minimum Gasteiger partial charge on any atom is -0.465 e. The van der Waals surface area contributed by atoms with Gasteiger partial charge in [0.15, 0.2) is 0 Å². The molecule has 8 heteroatoms. The lowest BCUT2D eigenvalue weighted by Crippen LogP contribution is -2.34. The number of hydrogen-bond acceptors (Lipinski definition) is 5. The van der Waals surface area contributed by atoms with Crippen molar-refractivity contribution in [2.45, 2.75) is 32.8 Å². The Morgan fingerprint density at radius 3 is 2.32 bits per heavy atom. The fourth-order valence-electron chi connectivity index (χ4n) is 1.83. The van der Waals surface area contributed by atoms with E-state index in [2.05, 4.69) is 31.3 Å². The fraction of sp³-hybridized carbons (Fsp3) is 0.471. The van der Waals surface area contributed by atoms with E-state index in [0.717, 1.165) is 0 Å². The lowest BCUT2D eigenvalue weighted by Gasteiger charge is -2.19. The number of benzene rings is 1. The Morgan fingerprint density at radius 2 is 1.76 bits per heavy atom. The molecule has 0 fully saturated rings. The predicted octanol–water partition coefficient (Wildman–Crippen LogP) is 2.88. The van der Waals surface area contributed by atoms with E-state index in [1.807, 2.05) is 0 Å². The van der Waals surface area contributed by atoms with Crippen molar-refractivity contribution in [2.24, 2.45) is 0 Å². The third kappa shape index (κ3) is 7.55. The summed E-state index contributed by atoms with van der Waals surface area (Å²) < 4.78 is 10.2. The highest BCUT2D eigenvalue weighted by molar-refractivity contribution is 9.10. The Morgan fingerprint density at radius 1 is 1.12 bits per heavy atom. The monoisotopic (exact) mass is 414 g/mol. The Labute approximate surface area is 155 Å². The number of ether oxygens (including phenoxy) is 2. The second-order valence-corrected chi connectivity index (χ2v) is 7.08. The van der Waals surface area contributed by atoms with Gasteiger partial charge in [-0.1, -0.05) is 0 Å². The molecule has 0 atom stereocenters. The molecule has 1 rings (SSSR count). The molecule has 0 aromatic heterocycles. The highest BCUT2D eigenvalue weighted by Gasteiger charge is 2.16. The Balaban J connectivity index is 2.39. The zero-order valence-electron chi connectivity index (χ0n) is 14.8. The Kier molecular flexibility index (Phi) is 7.89. The largest absolute Gasteiger partial charge is 0.465 e. The number of carbonyl (C=O) groups excluding carboxylic acids is 3. The van der Waals surface area contributed by atoms with E-state index < -0.39 is 17.7 Å². The molecule has 0 unspecified atom stereocenters. The highest BCUT2D eigenvalue weighted by Crippen LogP contribution is 2.19. The molecule has 0 bridgehead atoms. The van der Waals surface area contributed by atoms with Crippen LogP contribution in [-0.2, 0) is 9.47 Å². The number of esters is 1. The normalized spacial score (nSPS) is 10.8. The minimum atomic E-state index is -0.540. The van der Waals surface area contributed by atoms with Crippen molar-refractivity contribution in [2.75, 3.05) is 20.2 Å². The lowest BCUT2D eigenvalue weighted by atomic mass is 10.1. The molecule has 0 radical (unpaired) electrons. The van der Waals surface area contributed by atoms with Crippen LogP contribution in [0.3, 0.4) is 0 Å². The van der Waals surface area contributed by atoms with Crippen LogP contribution >= 0.6 is 15.9 Å². The molecule has 0 saturated carbocycles. The van der Waals surface area contributed by atoms with E-state index in [1.54, 1.807) is 32.9 Å². The third-order valence-corrected chi connectivity index (χ3v) is 3.60. The van der Waals surface area contributed by atoms with Gasteiger partial charge in [-0.3, -0.25) is 4.79 Å². The summed E-state index contributed by atoms with van der Waals surface area (Å²) in [5, 5.41) is 5.36. The van der Waals surface area contributed by atoms with E-state index in [-0.39, 0.29) is 5.91 Å². The molecule has 0 saturated heterocycles. The van der Waals surface area contributed by atoms with Crippen molar-refractivity contribution in [1.29, 1.82) is 0 Å². The summed E-state index contributed by atoms with van der Waals surface area (Å²) >= 11 is 3.25. The molecule has 2 N–H and O–H groups in total. The highest BCUT2D eigenvalue weighted by atomic mass is 79.9. The molecule has 0 spiro atoms. The molecule has 0 aliphatic heterocycles. The first-order valence-electron chi connectivity index (χ1n) is 7.77. The average Bonchev–Trinajstić information content (AvgIpc) is 2.51. The van der Waals surface area contributed by atoms with E-state index in [9.17, 15) is 14.4 Å². The summed E-state index contributed by atoms with van der Waals surface area (Å²) in [6.45, 7) is 6.15. The molecule has 138 valence electrons. The quantitative estimate of drug-likeness (QED) is 0.551. The SMILES string of the molecule is COC(=O)c1ccc(C(=O)NCCCNC(=O)OC(C)(C)C)cc1Br. The molecule has 2 amide bonds. The number of methoxy groups -OCH3 is 1. The maximum Gasteiger partial charge on any atom is 0.407 e. The Bertz CT molecular complexity index is 640. The van der Waals surface area contributed by atoms with Crippen molar-refractivity contribution in [3.8, 4) is 0 Å². The minimum absolute atomic E-state index is 0.269. The third-order valence-electron chi connectivity index (χ3n) is 2.94. The van der Waals surface area contributed by atoms with Gasteiger partial charge < -0.3 is 20.1 Å². The van der Waals surface area contributed by atoms with Gasteiger partial charge in [-0.15, -0.1) is 0 Å². The zero-order valence-corrected chi connectivity index (χ0v) is 16.4. The van der Waals surface area contributed by atoms with Crippen LogP contribution in [0.15, 0.2) is 22.7 Å². The van der Waals surface area contributed by atoms with Gasteiger partial charge in [0.1, 0.15) is 5.60 Å². The molecule has 0 aliphatic rings. The second kappa shape index (κ2) is 9.41. The number of rotatable bonds is 6. The Hall–Kier alpha value is -2.09. The van der Waals surface area contributed by atoms with Crippen LogP contribution < -0.4 is 10.6 Å². The van der Waals surface area contributed by atoms with Gasteiger partial charge >= 0.3 is 12.1 Å². The first-order valence-corrected chi connectivity index (χ1v) is 8.56. The first kappa shape index (κ1) is 21.0. The smallest absolute Gasteiger partial charge is 0.407 e. The van der Waals surface area contributed by atoms with E-state index in [1.165, 1.54) is 13.2 Å². The average molecular weight is 415 g/mol. The molecule has 25 heavy (non-hydrogen) atoms. The van der Waals surface area contributed by atoms with Crippen LogP contribution in [0.4, 0.5) is 4.79 Å². The summed E-state index contributed by atoms with van der Waals surface area (Å²) in [5.74, 6) is -0.749. The van der Waals surface area contributed by atoms with Gasteiger partial charge in [-0.25, -0.2) is 9.59 Å². The summed E-state index contributed by atoms with van der Waals surface area (Å²) in [5.41, 5.74) is 0.224. The van der Waals surface area contributed by atoms with Gasteiger partial charge in [-0.2, -0.15) is 0 Å². The number of nitrogens with one attached hydrogen (secondary N) is 2. The predicted molar refractivity (Wildman–Crippen MR) is 96.7 cm³/mol. The summed E-state index contributed by atoms with van der Waals surface area (Å²) in [7, 11) is 1.29. The van der Waals surface area contributed by atoms with E-state index in [0.29, 0.717) is 35.1 Å². The molecular formula is C17H23BrN2O5. The summed E-state index contributed by atoms with van der Waals surface area (Å²) in [4.78, 5) is 35.0. The van der Waals surface area contributed by atoms with Crippen LogP contribution in [-0.4, -0.2) is 43.8 Å². The van der Waals surface area contributed by atoms with Crippen LogP contribution in [0.5, 0.6) is 0 Å². The molecule has 0 aliphatic carbocycles. The van der Waals surface area contributed by atoms with Crippen LogP contribution in [0.25, 0.3) is 0 Å². The van der Waals surface area contributed by atoms with Crippen molar-refractivity contribution in [3.63, 3.8) is 0 Å². The molecule has 7 nitrogen and oxygen atoms in total. The second-order valence-electron chi connectivity index (χ2n) is 6.22. The number of hydrogen-bond donors (Lipinski definition) is 2. The number of halogens is 1. The molecule has 1 aromatic rings. The molecular weight excluding hydrogens is 392 g/mol. The zero-order chi connectivity index (χ0) is 19.0. The van der Waals surface area contributed by atoms with Crippen molar-refractivity contribution in [1.82, 2.24) is 10.6 Å². The van der Waals surface area contributed by atoms with Crippen LogP contribution in [0.2, 0.25) is 0 Å². The summed E-state index contributed by atoms with van der Waals surface area (Å²) in [6, 6.07) is 4.63.